The van der Waals surface area contributed by atoms with Crippen molar-refractivity contribution >= 4 is 29.3 Å². The summed E-state index contributed by atoms with van der Waals surface area (Å²) in [5.74, 6) is 1.05. The lowest BCUT2D eigenvalue weighted by Crippen LogP contribution is -2.50. The first-order valence-corrected chi connectivity index (χ1v) is 11.9. The zero-order valence-corrected chi connectivity index (χ0v) is 20.3. The van der Waals surface area contributed by atoms with Gasteiger partial charge in [0.25, 0.3) is 5.69 Å². The van der Waals surface area contributed by atoms with E-state index >= 15 is 0 Å². The molecule has 0 aromatic heterocycles. The van der Waals surface area contributed by atoms with Crippen molar-refractivity contribution in [2.75, 3.05) is 12.9 Å². The Morgan fingerprint density at radius 1 is 1.15 bits per heavy atom. The minimum atomic E-state index is -0.641. The first-order valence-electron chi connectivity index (χ1n) is 10.8. The van der Waals surface area contributed by atoms with Crippen LogP contribution in [0.3, 0.4) is 0 Å². The van der Waals surface area contributed by atoms with Gasteiger partial charge in [-0.1, -0.05) is 31.2 Å². The molecule has 0 aliphatic rings. The standard InChI is InChI=1S/C24H31N3O5S/c1-5-17(2)25-24(29)18(3)26(14-20-7-6-8-22(13-20)32-4)23(28)16-33-15-19-9-11-21(12-10-19)27(30)31/h6-13,17-18H,5,14-16H2,1-4H3,(H,25,29)/t17-,18+/m0/s1. The van der Waals surface area contributed by atoms with Crippen molar-refractivity contribution in [3.63, 3.8) is 0 Å². The zero-order chi connectivity index (χ0) is 24.4. The number of carbonyl (C=O) groups is 2. The van der Waals surface area contributed by atoms with E-state index in [-0.39, 0.29) is 35.8 Å². The second kappa shape index (κ2) is 12.8. The maximum absolute atomic E-state index is 13.1. The molecular formula is C24H31N3O5S. The second-order valence-corrected chi connectivity index (χ2v) is 8.77. The molecule has 0 bridgehead atoms. The van der Waals surface area contributed by atoms with Crippen LogP contribution < -0.4 is 10.1 Å². The average Bonchev–Trinajstić information content (AvgIpc) is 2.82. The largest absolute Gasteiger partial charge is 0.497 e. The van der Waals surface area contributed by atoms with Crippen LogP contribution >= 0.6 is 11.8 Å². The highest BCUT2D eigenvalue weighted by Crippen LogP contribution is 2.20. The van der Waals surface area contributed by atoms with E-state index in [1.165, 1.54) is 23.9 Å². The summed E-state index contributed by atoms with van der Waals surface area (Å²) < 4.78 is 5.28. The van der Waals surface area contributed by atoms with Gasteiger partial charge in [0.2, 0.25) is 11.8 Å². The van der Waals surface area contributed by atoms with Crippen molar-refractivity contribution < 1.29 is 19.2 Å². The molecule has 2 amide bonds. The van der Waals surface area contributed by atoms with Gasteiger partial charge in [0, 0.05) is 30.5 Å². The molecular weight excluding hydrogens is 442 g/mol. The van der Waals surface area contributed by atoms with E-state index < -0.39 is 11.0 Å². The number of nitro benzene ring substituents is 1. The molecule has 178 valence electrons. The van der Waals surface area contributed by atoms with Gasteiger partial charge in [-0.15, -0.1) is 11.8 Å². The lowest BCUT2D eigenvalue weighted by molar-refractivity contribution is -0.384. The minimum Gasteiger partial charge on any atom is -0.497 e. The third-order valence-corrected chi connectivity index (χ3v) is 6.29. The van der Waals surface area contributed by atoms with Crippen molar-refractivity contribution in [2.24, 2.45) is 0 Å². The summed E-state index contributed by atoms with van der Waals surface area (Å²) in [4.78, 5) is 37.8. The van der Waals surface area contributed by atoms with Gasteiger partial charge < -0.3 is 15.0 Å². The van der Waals surface area contributed by atoms with Gasteiger partial charge in [-0.3, -0.25) is 19.7 Å². The van der Waals surface area contributed by atoms with Crippen molar-refractivity contribution in [1.29, 1.82) is 0 Å². The Bertz CT molecular complexity index is 951. The SMILES string of the molecule is CC[C@H](C)NC(=O)[C@@H](C)N(Cc1cccc(OC)c1)C(=O)CSCc1ccc([N+](=O)[O-])cc1. The van der Waals surface area contributed by atoms with E-state index in [9.17, 15) is 19.7 Å². The Hall–Kier alpha value is -3.07. The third kappa shape index (κ3) is 8.09. The Kier molecular flexibility index (Phi) is 10.2. The molecule has 8 nitrogen and oxygen atoms in total. The first-order chi connectivity index (χ1) is 15.7. The number of carbonyl (C=O) groups excluding carboxylic acids is 2. The van der Waals surface area contributed by atoms with Crippen molar-refractivity contribution in [3.05, 3.63) is 69.8 Å². The molecule has 0 aliphatic carbocycles. The van der Waals surface area contributed by atoms with Crippen LogP contribution in [-0.4, -0.2) is 46.6 Å². The number of hydrogen-bond acceptors (Lipinski definition) is 6. The number of hydrogen-bond donors (Lipinski definition) is 1. The normalized spacial score (nSPS) is 12.5. The van der Waals surface area contributed by atoms with E-state index in [0.29, 0.717) is 11.5 Å². The maximum Gasteiger partial charge on any atom is 0.269 e. The van der Waals surface area contributed by atoms with E-state index in [2.05, 4.69) is 5.32 Å². The average molecular weight is 474 g/mol. The number of nitro groups is 1. The number of non-ortho nitro benzene ring substituents is 1. The Labute approximate surface area is 198 Å². The quantitative estimate of drug-likeness (QED) is 0.367. The van der Waals surface area contributed by atoms with E-state index in [1.807, 2.05) is 38.1 Å². The summed E-state index contributed by atoms with van der Waals surface area (Å²) in [6.07, 6.45) is 0.799. The molecule has 0 heterocycles. The summed E-state index contributed by atoms with van der Waals surface area (Å²) in [6, 6.07) is 13.1. The molecule has 0 radical (unpaired) electrons. The Balaban J connectivity index is 2.08. The highest BCUT2D eigenvalue weighted by atomic mass is 32.2. The molecule has 2 aromatic carbocycles. The van der Waals surface area contributed by atoms with Gasteiger partial charge in [-0.25, -0.2) is 0 Å². The topological polar surface area (TPSA) is 102 Å². The highest BCUT2D eigenvalue weighted by Gasteiger charge is 2.26. The molecule has 9 heteroatoms. The monoisotopic (exact) mass is 473 g/mol. The maximum atomic E-state index is 13.1. The third-order valence-electron chi connectivity index (χ3n) is 5.30. The summed E-state index contributed by atoms with van der Waals surface area (Å²) in [6.45, 7) is 5.93. The van der Waals surface area contributed by atoms with Gasteiger partial charge >= 0.3 is 0 Å². The van der Waals surface area contributed by atoms with Gasteiger partial charge in [0.15, 0.2) is 0 Å². The molecule has 2 aromatic rings. The molecule has 0 saturated heterocycles. The van der Waals surface area contributed by atoms with Crippen LogP contribution in [0.4, 0.5) is 5.69 Å². The highest BCUT2D eigenvalue weighted by molar-refractivity contribution is 7.99. The van der Waals surface area contributed by atoms with Crippen LogP contribution in [0.25, 0.3) is 0 Å². The summed E-state index contributed by atoms with van der Waals surface area (Å²) >= 11 is 1.41. The summed E-state index contributed by atoms with van der Waals surface area (Å²) in [7, 11) is 1.58. The molecule has 0 saturated carbocycles. The number of amides is 2. The number of thioether (sulfide) groups is 1. The second-order valence-electron chi connectivity index (χ2n) is 7.78. The smallest absolute Gasteiger partial charge is 0.269 e. The van der Waals surface area contributed by atoms with Crippen LogP contribution in [0.2, 0.25) is 0 Å². The zero-order valence-electron chi connectivity index (χ0n) is 19.4. The number of benzene rings is 2. The molecule has 0 aliphatic heterocycles. The van der Waals surface area contributed by atoms with Gasteiger partial charge in [0.1, 0.15) is 11.8 Å². The predicted molar refractivity (Wildman–Crippen MR) is 130 cm³/mol. The number of rotatable bonds is 12. The molecule has 0 spiro atoms. The fourth-order valence-corrected chi connectivity index (χ4v) is 3.94. The van der Waals surface area contributed by atoms with Crippen molar-refractivity contribution in [1.82, 2.24) is 10.2 Å². The number of nitrogens with zero attached hydrogens (tertiary/aromatic N) is 2. The molecule has 2 rings (SSSR count). The van der Waals surface area contributed by atoms with Crippen molar-refractivity contribution in [3.8, 4) is 5.75 Å². The predicted octanol–water partition coefficient (Wildman–Crippen LogP) is 4.17. The Morgan fingerprint density at radius 2 is 1.85 bits per heavy atom. The van der Waals surface area contributed by atoms with Crippen LogP contribution in [0.5, 0.6) is 5.75 Å². The van der Waals surface area contributed by atoms with Gasteiger partial charge in [0.05, 0.1) is 17.8 Å². The van der Waals surface area contributed by atoms with E-state index in [1.54, 1.807) is 31.1 Å². The number of nitrogens with one attached hydrogen (secondary N) is 1. The number of methoxy groups -OCH3 is 1. The molecule has 0 unspecified atom stereocenters. The molecule has 33 heavy (non-hydrogen) atoms. The van der Waals surface area contributed by atoms with Crippen LogP contribution in [0.1, 0.15) is 38.3 Å². The minimum absolute atomic E-state index is 0.0187. The molecule has 1 N–H and O–H groups in total. The fraction of sp³-hybridized carbons (Fsp3) is 0.417. The van der Waals surface area contributed by atoms with Crippen LogP contribution in [0.15, 0.2) is 48.5 Å². The van der Waals surface area contributed by atoms with Crippen LogP contribution in [0, 0.1) is 10.1 Å². The summed E-state index contributed by atoms with van der Waals surface area (Å²) in [5.41, 5.74) is 1.79. The van der Waals surface area contributed by atoms with Crippen LogP contribution in [-0.2, 0) is 21.9 Å². The molecule has 0 fully saturated rings. The van der Waals surface area contributed by atoms with E-state index in [4.69, 9.17) is 4.74 Å². The van der Waals surface area contributed by atoms with Gasteiger partial charge in [-0.2, -0.15) is 0 Å². The van der Waals surface area contributed by atoms with E-state index in [0.717, 1.165) is 17.5 Å². The molecule has 2 atom stereocenters. The lowest BCUT2D eigenvalue weighted by Gasteiger charge is -2.29. The van der Waals surface area contributed by atoms with Crippen molar-refractivity contribution in [2.45, 2.75) is 51.6 Å². The lowest BCUT2D eigenvalue weighted by atomic mass is 10.1. The number of ether oxygens (including phenoxy) is 1. The fourth-order valence-electron chi connectivity index (χ4n) is 3.07. The Morgan fingerprint density at radius 3 is 2.45 bits per heavy atom. The summed E-state index contributed by atoms with van der Waals surface area (Å²) in [5, 5.41) is 13.7. The first kappa shape index (κ1) is 26.2. The van der Waals surface area contributed by atoms with Gasteiger partial charge in [-0.05, 0) is 43.5 Å².